The van der Waals surface area contributed by atoms with Crippen molar-refractivity contribution in [2.24, 2.45) is 0 Å². The third-order valence-corrected chi connectivity index (χ3v) is 6.26. The lowest BCUT2D eigenvalue weighted by atomic mass is 10.2. The Morgan fingerprint density at radius 1 is 1.32 bits per heavy atom. The molecule has 116 valence electrons. The van der Waals surface area contributed by atoms with E-state index >= 15 is 0 Å². The molecule has 2 aromatic rings. The summed E-state index contributed by atoms with van der Waals surface area (Å²) in [6, 6.07) is 7.64. The lowest BCUT2D eigenvalue weighted by Crippen LogP contribution is -2.35. The molecule has 0 aliphatic carbocycles. The first-order chi connectivity index (χ1) is 10.4. The number of nitrogens with zero attached hydrogens (tertiary/aromatic N) is 1. The number of rotatable bonds is 3. The number of thiazole rings is 1. The average Bonchev–Trinajstić information content (AvgIpc) is 3.06. The van der Waals surface area contributed by atoms with Gasteiger partial charge >= 0.3 is 0 Å². The van der Waals surface area contributed by atoms with Crippen LogP contribution < -0.4 is 5.32 Å². The van der Waals surface area contributed by atoms with Crippen molar-refractivity contribution in [1.82, 2.24) is 10.3 Å². The fourth-order valence-corrected chi connectivity index (χ4v) is 4.85. The van der Waals surface area contributed by atoms with E-state index in [0.29, 0.717) is 12.1 Å². The number of amides is 1. The minimum atomic E-state index is -3.00. The first kappa shape index (κ1) is 15.2. The maximum atomic E-state index is 12.1. The summed E-state index contributed by atoms with van der Waals surface area (Å²) in [5.74, 6) is -0.145. The Morgan fingerprint density at radius 2 is 2.05 bits per heavy atom. The predicted molar refractivity (Wildman–Crippen MR) is 86.8 cm³/mol. The Balaban J connectivity index is 1.71. The van der Waals surface area contributed by atoms with E-state index in [4.69, 9.17) is 0 Å². The Labute approximate surface area is 133 Å². The molecule has 0 spiro atoms. The van der Waals surface area contributed by atoms with Gasteiger partial charge in [0, 0.05) is 17.0 Å². The molecule has 2 heterocycles. The van der Waals surface area contributed by atoms with E-state index in [1.165, 1.54) is 16.9 Å². The van der Waals surface area contributed by atoms with Gasteiger partial charge in [-0.2, -0.15) is 0 Å². The van der Waals surface area contributed by atoms with Crippen molar-refractivity contribution in [1.29, 1.82) is 0 Å². The molecule has 3 rings (SSSR count). The highest BCUT2D eigenvalue weighted by Gasteiger charge is 2.29. The fraction of sp³-hybridized carbons (Fsp3) is 0.333. The van der Waals surface area contributed by atoms with Crippen LogP contribution in [0.4, 0.5) is 0 Å². The molecule has 1 aliphatic heterocycles. The van der Waals surface area contributed by atoms with Crippen LogP contribution >= 0.6 is 11.3 Å². The number of benzene rings is 1. The van der Waals surface area contributed by atoms with Crippen LogP contribution in [0.15, 0.2) is 29.6 Å². The maximum Gasteiger partial charge on any atom is 0.271 e. The molecule has 7 heteroatoms. The zero-order valence-electron chi connectivity index (χ0n) is 12.1. The van der Waals surface area contributed by atoms with Crippen molar-refractivity contribution in [2.75, 3.05) is 11.5 Å². The van der Waals surface area contributed by atoms with Gasteiger partial charge in [0.1, 0.15) is 10.7 Å². The summed E-state index contributed by atoms with van der Waals surface area (Å²) >= 11 is 1.40. The van der Waals surface area contributed by atoms with E-state index in [0.717, 1.165) is 10.6 Å². The SMILES string of the molecule is Cc1ccc(-c2nc(C(=O)N[C@@H]3CCS(=O)(=O)C3)cs2)cc1. The molecule has 1 aromatic heterocycles. The number of sulfone groups is 1. The summed E-state index contributed by atoms with van der Waals surface area (Å²) in [5, 5.41) is 5.23. The van der Waals surface area contributed by atoms with Gasteiger partial charge in [0.25, 0.3) is 5.91 Å². The number of hydrogen-bond donors (Lipinski definition) is 1. The third-order valence-electron chi connectivity index (χ3n) is 3.60. The lowest BCUT2D eigenvalue weighted by Gasteiger charge is -2.08. The maximum absolute atomic E-state index is 12.1. The second kappa shape index (κ2) is 5.81. The molecule has 1 atom stereocenters. The van der Waals surface area contributed by atoms with Crippen LogP contribution in [0.3, 0.4) is 0 Å². The number of nitrogens with one attached hydrogen (secondary N) is 1. The molecule has 1 aromatic carbocycles. The molecule has 1 saturated heterocycles. The molecule has 0 bridgehead atoms. The van der Waals surface area contributed by atoms with Crippen LogP contribution in [0.5, 0.6) is 0 Å². The van der Waals surface area contributed by atoms with Crippen LogP contribution in [-0.2, 0) is 9.84 Å². The second-order valence-corrected chi connectivity index (χ2v) is 8.56. The van der Waals surface area contributed by atoms with Crippen molar-refractivity contribution in [2.45, 2.75) is 19.4 Å². The van der Waals surface area contributed by atoms with Gasteiger partial charge in [-0.15, -0.1) is 11.3 Å². The van der Waals surface area contributed by atoms with Gasteiger partial charge in [-0.25, -0.2) is 13.4 Å². The van der Waals surface area contributed by atoms with Gasteiger partial charge in [-0.3, -0.25) is 4.79 Å². The molecule has 1 fully saturated rings. The molecular weight excluding hydrogens is 320 g/mol. The largest absolute Gasteiger partial charge is 0.347 e. The summed E-state index contributed by atoms with van der Waals surface area (Å²) in [6.45, 7) is 2.01. The van der Waals surface area contributed by atoms with Gasteiger partial charge < -0.3 is 5.32 Å². The molecule has 0 unspecified atom stereocenters. The molecule has 1 aliphatic rings. The molecule has 5 nitrogen and oxygen atoms in total. The smallest absolute Gasteiger partial charge is 0.271 e. The molecule has 1 amide bonds. The summed E-state index contributed by atoms with van der Waals surface area (Å²) in [7, 11) is -3.00. The van der Waals surface area contributed by atoms with Crippen molar-refractivity contribution < 1.29 is 13.2 Å². The number of carbonyl (C=O) groups is 1. The van der Waals surface area contributed by atoms with Crippen LogP contribution in [-0.4, -0.2) is 36.9 Å². The van der Waals surface area contributed by atoms with Crippen LogP contribution in [0.2, 0.25) is 0 Å². The predicted octanol–water partition coefficient (Wildman–Crippen LogP) is 2.04. The van der Waals surface area contributed by atoms with E-state index in [1.807, 2.05) is 31.2 Å². The van der Waals surface area contributed by atoms with Crippen molar-refractivity contribution in [3.05, 3.63) is 40.9 Å². The van der Waals surface area contributed by atoms with Crippen molar-refractivity contribution in [3.8, 4) is 10.6 Å². The zero-order valence-corrected chi connectivity index (χ0v) is 13.7. The van der Waals surface area contributed by atoms with Crippen LogP contribution in [0.25, 0.3) is 10.6 Å². The topological polar surface area (TPSA) is 76.1 Å². The Hall–Kier alpha value is -1.73. The van der Waals surface area contributed by atoms with E-state index in [1.54, 1.807) is 5.38 Å². The highest BCUT2D eigenvalue weighted by Crippen LogP contribution is 2.24. The Kier molecular flexibility index (Phi) is 4.01. The normalized spacial score (nSPS) is 20.0. The molecule has 1 N–H and O–H groups in total. The van der Waals surface area contributed by atoms with Gasteiger partial charge in [-0.05, 0) is 13.3 Å². The monoisotopic (exact) mass is 336 g/mol. The summed E-state index contributed by atoms with van der Waals surface area (Å²) in [6.07, 6.45) is 0.475. The zero-order chi connectivity index (χ0) is 15.7. The van der Waals surface area contributed by atoms with E-state index < -0.39 is 9.84 Å². The highest BCUT2D eigenvalue weighted by molar-refractivity contribution is 7.91. The number of aryl methyl sites for hydroxylation is 1. The highest BCUT2D eigenvalue weighted by atomic mass is 32.2. The van der Waals surface area contributed by atoms with Gasteiger partial charge in [0.15, 0.2) is 9.84 Å². The van der Waals surface area contributed by atoms with Crippen LogP contribution in [0, 0.1) is 6.92 Å². The summed E-state index contributed by atoms with van der Waals surface area (Å²) < 4.78 is 22.8. The lowest BCUT2D eigenvalue weighted by molar-refractivity contribution is 0.0937. The molecule has 22 heavy (non-hydrogen) atoms. The minimum Gasteiger partial charge on any atom is -0.347 e. The van der Waals surface area contributed by atoms with Gasteiger partial charge in [0.05, 0.1) is 11.5 Å². The van der Waals surface area contributed by atoms with Crippen molar-refractivity contribution in [3.63, 3.8) is 0 Å². The van der Waals surface area contributed by atoms with E-state index in [9.17, 15) is 13.2 Å². The quantitative estimate of drug-likeness (QED) is 0.930. The van der Waals surface area contributed by atoms with E-state index in [-0.39, 0.29) is 23.5 Å². The summed E-state index contributed by atoms with van der Waals surface area (Å²) in [5.41, 5.74) is 2.48. The Bertz CT molecular complexity index is 794. The van der Waals surface area contributed by atoms with E-state index in [2.05, 4.69) is 10.3 Å². The standard InChI is InChI=1S/C15H16N2O3S2/c1-10-2-4-11(5-3-10)15-17-13(8-21-15)14(18)16-12-6-7-22(19,20)9-12/h2-5,8,12H,6-7,9H2,1H3,(H,16,18)/t12-/m1/s1. The number of hydrogen-bond acceptors (Lipinski definition) is 5. The average molecular weight is 336 g/mol. The third kappa shape index (κ3) is 3.36. The second-order valence-electron chi connectivity index (χ2n) is 5.48. The Morgan fingerprint density at radius 3 is 2.68 bits per heavy atom. The van der Waals surface area contributed by atoms with Crippen molar-refractivity contribution >= 4 is 27.1 Å². The van der Waals surface area contributed by atoms with Gasteiger partial charge in [0.2, 0.25) is 0 Å². The fourth-order valence-electron chi connectivity index (χ4n) is 2.37. The minimum absolute atomic E-state index is 0.0215. The first-order valence-corrected chi connectivity index (χ1v) is 9.67. The number of aromatic nitrogens is 1. The molecule has 0 saturated carbocycles. The number of carbonyl (C=O) groups excluding carboxylic acids is 1. The summed E-state index contributed by atoms with van der Waals surface area (Å²) in [4.78, 5) is 16.5. The van der Waals surface area contributed by atoms with Crippen LogP contribution in [0.1, 0.15) is 22.5 Å². The van der Waals surface area contributed by atoms with Gasteiger partial charge in [-0.1, -0.05) is 29.8 Å². The first-order valence-electron chi connectivity index (χ1n) is 6.97. The molecule has 0 radical (unpaired) electrons. The molecular formula is C15H16N2O3S2.